The third kappa shape index (κ3) is 4.50. The molecule has 0 bridgehead atoms. The van der Waals surface area contributed by atoms with E-state index in [4.69, 9.17) is 5.26 Å². The zero-order valence-electron chi connectivity index (χ0n) is 15.5. The summed E-state index contributed by atoms with van der Waals surface area (Å²) in [7, 11) is -3.36. The van der Waals surface area contributed by atoms with Crippen molar-refractivity contribution in [3.8, 4) is 6.07 Å². The summed E-state index contributed by atoms with van der Waals surface area (Å²) in [5.74, 6) is 0.140. The van der Waals surface area contributed by atoms with Crippen molar-refractivity contribution < 1.29 is 8.42 Å². The number of hydrogen-bond donors (Lipinski definition) is 2. The van der Waals surface area contributed by atoms with Crippen molar-refractivity contribution in [2.75, 3.05) is 11.0 Å². The van der Waals surface area contributed by atoms with Crippen LogP contribution in [-0.4, -0.2) is 19.7 Å². The molecule has 0 amide bonds. The highest BCUT2D eigenvalue weighted by atomic mass is 32.2. The fraction of sp³-hybridized carbons (Fsp3) is 0.286. The quantitative estimate of drug-likeness (QED) is 0.583. The van der Waals surface area contributed by atoms with E-state index in [0.29, 0.717) is 12.1 Å². The monoisotopic (exact) mass is 381 g/mol. The van der Waals surface area contributed by atoms with Crippen LogP contribution in [0.2, 0.25) is 0 Å². The highest BCUT2D eigenvalue weighted by Crippen LogP contribution is 2.36. The Kier molecular flexibility index (Phi) is 5.52. The standard InChI is InChI=1S/C21H23N3O2S/c1-15-9-11-16(12-10-15)17(6-3-4-13-22)19-14-23-21-18(19)7-5-8-20(21)24-27(2,25)26/h5,7-12,14,17,23-24H,3-4,6H2,1-2H3. The number of benzene rings is 2. The van der Waals surface area contributed by atoms with Crippen molar-refractivity contribution in [2.24, 2.45) is 0 Å². The number of nitriles is 1. The van der Waals surface area contributed by atoms with E-state index in [1.54, 1.807) is 6.07 Å². The summed E-state index contributed by atoms with van der Waals surface area (Å²) in [6, 6.07) is 16.3. The second kappa shape index (κ2) is 7.85. The van der Waals surface area contributed by atoms with E-state index in [0.717, 1.165) is 35.6 Å². The predicted octanol–water partition coefficient (Wildman–Crippen LogP) is 4.67. The zero-order chi connectivity index (χ0) is 19.4. The maximum atomic E-state index is 11.7. The van der Waals surface area contributed by atoms with Gasteiger partial charge in [0, 0.05) is 23.9 Å². The van der Waals surface area contributed by atoms with Crippen LogP contribution >= 0.6 is 0 Å². The minimum absolute atomic E-state index is 0.140. The van der Waals surface area contributed by atoms with Gasteiger partial charge in [0.1, 0.15) is 0 Å². The molecule has 2 N–H and O–H groups in total. The molecule has 6 heteroatoms. The van der Waals surface area contributed by atoms with E-state index in [9.17, 15) is 8.42 Å². The second-order valence-electron chi connectivity index (χ2n) is 6.86. The van der Waals surface area contributed by atoms with Crippen molar-refractivity contribution in [1.29, 1.82) is 5.26 Å². The lowest BCUT2D eigenvalue weighted by molar-refractivity contribution is 0.607. The maximum Gasteiger partial charge on any atom is 0.229 e. The van der Waals surface area contributed by atoms with Crippen LogP contribution in [0.25, 0.3) is 10.9 Å². The number of H-pyrrole nitrogens is 1. The number of unbranched alkanes of at least 4 members (excludes halogenated alkanes) is 1. The van der Waals surface area contributed by atoms with Gasteiger partial charge in [-0.15, -0.1) is 0 Å². The Morgan fingerprint density at radius 2 is 1.93 bits per heavy atom. The fourth-order valence-electron chi connectivity index (χ4n) is 3.43. The average Bonchev–Trinajstić information content (AvgIpc) is 3.04. The minimum Gasteiger partial charge on any atom is -0.359 e. The molecule has 0 aliphatic rings. The van der Waals surface area contributed by atoms with Crippen LogP contribution in [0, 0.1) is 18.3 Å². The summed E-state index contributed by atoms with van der Waals surface area (Å²) < 4.78 is 25.9. The molecule has 3 rings (SSSR count). The lowest BCUT2D eigenvalue weighted by atomic mass is 9.86. The normalized spacial score (nSPS) is 12.6. The van der Waals surface area contributed by atoms with Crippen molar-refractivity contribution in [3.05, 3.63) is 65.4 Å². The number of rotatable bonds is 7. The number of hydrogen-bond acceptors (Lipinski definition) is 3. The number of anilines is 1. The van der Waals surface area contributed by atoms with Gasteiger partial charge in [-0.3, -0.25) is 4.72 Å². The Morgan fingerprint density at radius 3 is 2.59 bits per heavy atom. The first-order valence-corrected chi connectivity index (χ1v) is 10.8. The molecule has 0 spiro atoms. The molecular weight excluding hydrogens is 358 g/mol. The van der Waals surface area contributed by atoms with Crippen molar-refractivity contribution in [2.45, 2.75) is 32.1 Å². The lowest BCUT2D eigenvalue weighted by Crippen LogP contribution is -2.09. The predicted molar refractivity (Wildman–Crippen MR) is 109 cm³/mol. The van der Waals surface area contributed by atoms with Crippen LogP contribution < -0.4 is 4.72 Å². The molecule has 5 nitrogen and oxygen atoms in total. The molecule has 3 aromatic rings. The molecule has 0 saturated heterocycles. The lowest BCUT2D eigenvalue weighted by Gasteiger charge is -2.17. The Labute approximate surface area is 160 Å². The second-order valence-corrected chi connectivity index (χ2v) is 8.61. The molecule has 1 heterocycles. The minimum atomic E-state index is -3.36. The van der Waals surface area contributed by atoms with Gasteiger partial charge in [-0.05, 0) is 37.0 Å². The van der Waals surface area contributed by atoms with E-state index in [2.05, 4.69) is 47.0 Å². The molecular formula is C21H23N3O2S. The number of aryl methyl sites for hydroxylation is 1. The number of fused-ring (bicyclic) bond motifs is 1. The fourth-order valence-corrected chi connectivity index (χ4v) is 4.00. The van der Waals surface area contributed by atoms with Crippen molar-refractivity contribution in [1.82, 2.24) is 4.98 Å². The largest absolute Gasteiger partial charge is 0.359 e. The summed E-state index contributed by atoms with van der Waals surface area (Å²) in [6.45, 7) is 2.06. The van der Waals surface area contributed by atoms with Crippen LogP contribution in [0.15, 0.2) is 48.7 Å². The summed E-state index contributed by atoms with van der Waals surface area (Å²) in [5.41, 5.74) is 4.83. The van der Waals surface area contributed by atoms with E-state index < -0.39 is 10.0 Å². The van der Waals surface area contributed by atoms with Crippen molar-refractivity contribution >= 4 is 26.6 Å². The Bertz CT molecular complexity index is 1080. The number of aromatic amines is 1. The van der Waals surface area contributed by atoms with E-state index in [-0.39, 0.29) is 5.92 Å². The van der Waals surface area contributed by atoms with Gasteiger partial charge in [-0.25, -0.2) is 8.42 Å². The van der Waals surface area contributed by atoms with Crippen LogP contribution in [0.4, 0.5) is 5.69 Å². The van der Waals surface area contributed by atoms with Gasteiger partial charge in [0.25, 0.3) is 0 Å². The first-order chi connectivity index (χ1) is 12.9. The molecule has 1 aromatic heterocycles. The first kappa shape index (κ1) is 19.0. The van der Waals surface area contributed by atoms with Crippen LogP contribution in [0.5, 0.6) is 0 Å². The van der Waals surface area contributed by atoms with Gasteiger partial charge in [0.2, 0.25) is 10.0 Å². The maximum absolute atomic E-state index is 11.7. The highest BCUT2D eigenvalue weighted by Gasteiger charge is 2.19. The molecule has 27 heavy (non-hydrogen) atoms. The molecule has 1 atom stereocenters. The van der Waals surface area contributed by atoms with Gasteiger partial charge in [0.15, 0.2) is 0 Å². The molecule has 2 aromatic carbocycles. The van der Waals surface area contributed by atoms with E-state index >= 15 is 0 Å². The SMILES string of the molecule is Cc1ccc(C(CCCC#N)c2c[nH]c3c(NS(C)(=O)=O)cccc23)cc1. The van der Waals surface area contributed by atoms with Gasteiger partial charge in [0.05, 0.1) is 23.5 Å². The molecule has 1 unspecified atom stereocenters. The first-order valence-electron chi connectivity index (χ1n) is 8.90. The third-order valence-corrected chi connectivity index (χ3v) is 5.27. The van der Waals surface area contributed by atoms with E-state index in [1.807, 2.05) is 18.3 Å². The summed E-state index contributed by atoms with van der Waals surface area (Å²) in [6.07, 6.45) is 5.28. The number of nitrogens with zero attached hydrogens (tertiary/aromatic N) is 1. The smallest absolute Gasteiger partial charge is 0.229 e. The zero-order valence-corrected chi connectivity index (χ0v) is 16.3. The number of para-hydroxylation sites is 1. The molecule has 0 radical (unpaired) electrons. The summed E-state index contributed by atoms with van der Waals surface area (Å²) in [5, 5.41) is 9.90. The Balaban J connectivity index is 2.06. The highest BCUT2D eigenvalue weighted by molar-refractivity contribution is 7.92. The van der Waals surface area contributed by atoms with Gasteiger partial charge in [-0.2, -0.15) is 5.26 Å². The van der Waals surface area contributed by atoms with Crippen LogP contribution in [-0.2, 0) is 10.0 Å². The topological polar surface area (TPSA) is 85.8 Å². The summed E-state index contributed by atoms with van der Waals surface area (Å²) >= 11 is 0. The Hall–Kier alpha value is -2.78. The molecule has 0 aliphatic heterocycles. The van der Waals surface area contributed by atoms with Gasteiger partial charge in [-0.1, -0.05) is 42.0 Å². The van der Waals surface area contributed by atoms with Gasteiger partial charge < -0.3 is 4.98 Å². The molecule has 0 fully saturated rings. The van der Waals surface area contributed by atoms with Crippen molar-refractivity contribution in [3.63, 3.8) is 0 Å². The van der Waals surface area contributed by atoms with Crippen LogP contribution in [0.1, 0.15) is 41.9 Å². The Morgan fingerprint density at radius 1 is 1.19 bits per heavy atom. The molecule has 0 saturated carbocycles. The van der Waals surface area contributed by atoms with Gasteiger partial charge >= 0.3 is 0 Å². The summed E-state index contributed by atoms with van der Waals surface area (Å²) in [4.78, 5) is 3.24. The average molecular weight is 382 g/mol. The van der Waals surface area contributed by atoms with E-state index in [1.165, 1.54) is 11.1 Å². The van der Waals surface area contributed by atoms with Crippen LogP contribution in [0.3, 0.4) is 0 Å². The molecule has 0 aliphatic carbocycles. The number of nitrogens with one attached hydrogen (secondary N) is 2. The number of sulfonamides is 1. The molecule has 140 valence electrons. The third-order valence-electron chi connectivity index (χ3n) is 4.68. The number of aromatic nitrogens is 1.